The van der Waals surface area contributed by atoms with Gasteiger partial charge in [-0.05, 0) is 18.2 Å². The summed E-state index contributed by atoms with van der Waals surface area (Å²) in [6, 6.07) is 7.37. The molecule has 0 spiro atoms. The molecule has 3 N–H and O–H groups in total. The standard InChI is InChI=1S/C14H11BrN4O2/c1-21-12-4-11(15)3-8(14(12)20)2-9(5-16)13(19)10(6-17)7-18/h2-4,10,13,20H,19H2,1H3/b9-2+. The number of halogens is 1. The van der Waals surface area contributed by atoms with Gasteiger partial charge in [0, 0.05) is 15.6 Å². The number of phenols is 1. The third kappa shape index (κ3) is 3.73. The fourth-order valence-corrected chi connectivity index (χ4v) is 2.05. The van der Waals surface area contributed by atoms with E-state index in [1.54, 1.807) is 24.3 Å². The molecule has 0 aliphatic rings. The minimum Gasteiger partial charge on any atom is -0.504 e. The fraction of sp³-hybridized carbons (Fsp3) is 0.214. The van der Waals surface area contributed by atoms with Gasteiger partial charge in [-0.15, -0.1) is 0 Å². The number of rotatable bonds is 4. The number of nitrogens with zero attached hydrogens (tertiary/aromatic N) is 3. The molecule has 1 atom stereocenters. The van der Waals surface area contributed by atoms with Crippen molar-refractivity contribution in [2.24, 2.45) is 11.7 Å². The van der Waals surface area contributed by atoms with E-state index in [0.717, 1.165) is 0 Å². The zero-order chi connectivity index (χ0) is 16.0. The smallest absolute Gasteiger partial charge is 0.165 e. The van der Waals surface area contributed by atoms with Crippen molar-refractivity contribution in [3.63, 3.8) is 0 Å². The number of ether oxygens (including phenoxy) is 1. The molecule has 6 nitrogen and oxygen atoms in total. The molecule has 106 valence electrons. The van der Waals surface area contributed by atoms with Gasteiger partial charge in [0.15, 0.2) is 17.4 Å². The molecular formula is C14H11BrN4O2. The van der Waals surface area contributed by atoms with Crippen LogP contribution in [0.15, 0.2) is 22.2 Å². The highest BCUT2D eigenvalue weighted by atomic mass is 79.9. The lowest BCUT2D eigenvalue weighted by Gasteiger charge is -2.12. The van der Waals surface area contributed by atoms with Crippen LogP contribution in [0.4, 0.5) is 0 Å². The van der Waals surface area contributed by atoms with Gasteiger partial charge in [-0.1, -0.05) is 15.9 Å². The molecule has 0 heterocycles. The summed E-state index contributed by atoms with van der Waals surface area (Å²) in [6.07, 6.45) is 1.33. The SMILES string of the molecule is COc1cc(Br)cc(/C=C(\C#N)C(N)C(C#N)C#N)c1O. The Morgan fingerprint density at radius 2 is 2.00 bits per heavy atom. The van der Waals surface area contributed by atoms with Crippen LogP contribution in [0.1, 0.15) is 5.56 Å². The Morgan fingerprint density at radius 3 is 2.48 bits per heavy atom. The highest BCUT2D eigenvalue weighted by Gasteiger charge is 2.21. The van der Waals surface area contributed by atoms with Crippen molar-refractivity contribution in [1.82, 2.24) is 0 Å². The quantitative estimate of drug-likeness (QED) is 0.803. The second kappa shape index (κ2) is 7.31. The van der Waals surface area contributed by atoms with Gasteiger partial charge in [0.1, 0.15) is 0 Å². The lowest BCUT2D eigenvalue weighted by molar-refractivity contribution is 0.372. The van der Waals surface area contributed by atoms with Gasteiger partial charge in [0.25, 0.3) is 0 Å². The number of benzene rings is 1. The van der Waals surface area contributed by atoms with Gasteiger partial charge < -0.3 is 15.6 Å². The second-order valence-electron chi connectivity index (χ2n) is 4.02. The van der Waals surface area contributed by atoms with E-state index < -0.39 is 12.0 Å². The summed E-state index contributed by atoms with van der Waals surface area (Å²) in [5.41, 5.74) is 6.05. The highest BCUT2D eigenvalue weighted by Crippen LogP contribution is 2.35. The highest BCUT2D eigenvalue weighted by molar-refractivity contribution is 9.10. The van der Waals surface area contributed by atoms with Gasteiger partial charge in [-0.3, -0.25) is 0 Å². The molecule has 0 fully saturated rings. The molecule has 1 unspecified atom stereocenters. The Hall–Kier alpha value is -2.53. The normalized spacial score (nSPS) is 12.1. The Balaban J connectivity index is 3.35. The third-order valence-corrected chi connectivity index (χ3v) is 3.18. The lowest BCUT2D eigenvalue weighted by Crippen LogP contribution is -2.29. The first-order chi connectivity index (χ1) is 9.98. The predicted octanol–water partition coefficient (Wildman–Crippen LogP) is 2.06. The van der Waals surface area contributed by atoms with E-state index in [-0.39, 0.29) is 17.1 Å². The number of hydrogen-bond acceptors (Lipinski definition) is 6. The molecule has 0 aliphatic heterocycles. The van der Waals surface area contributed by atoms with Crippen LogP contribution in [0, 0.1) is 39.9 Å². The fourth-order valence-electron chi connectivity index (χ4n) is 1.60. The molecule has 21 heavy (non-hydrogen) atoms. The van der Waals surface area contributed by atoms with E-state index in [4.69, 9.17) is 26.3 Å². The Morgan fingerprint density at radius 1 is 1.38 bits per heavy atom. The lowest BCUT2D eigenvalue weighted by atomic mass is 9.95. The largest absolute Gasteiger partial charge is 0.504 e. The molecule has 1 aromatic carbocycles. The van der Waals surface area contributed by atoms with Crippen molar-refractivity contribution in [1.29, 1.82) is 15.8 Å². The van der Waals surface area contributed by atoms with Gasteiger partial charge in [0.2, 0.25) is 0 Å². The van der Waals surface area contributed by atoms with Crippen LogP contribution in [0.5, 0.6) is 11.5 Å². The van der Waals surface area contributed by atoms with Crippen LogP contribution in [-0.2, 0) is 0 Å². The average molecular weight is 347 g/mol. The number of nitrogens with two attached hydrogens (primary N) is 1. The zero-order valence-electron chi connectivity index (χ0n) is 11.0. The van der Waals surface area contributed by atoms with Crippen molar-refractivity contribution in [2.45, 2.75) is 6.04 Å². The maximum Gasteiger partial charge on any atom is 0.165 e. The van der Waals surface area contributed by atoms with Gasteiger partial charge in [0.05, 0.1) is 31.4 Å². The van der Waals surface area contributed by atoms with Crippen molar-refractivity contribution in [2.75, 3.05) is 7.11 Å². The number of aromatic hydroxyl groups is 1. The monoisotopic (exact) mass is 346 g/mol. The molecule has 7 heteroatoms. The number of phenolic OH excluding ortho intramolecular Hbond substituents is 1. The Labute approximate surface area is 130 Å². The maximum absolute atomic E-state index is 10.0. The molecule has 0 radical (unpaired) electrons. The molecule has 0 saturated carbocycles. The molecule has 0 saturated heterocycles. The zero-order valence-corrected chi connectivity index (χ0v) is 12.6. The van der Waals surface area contributed by atoms with E-state index in [2.05, 4.69) is 15.9 Å². The summed E-state index contributed by atoms with van der Waals surface area (Å²) < 4.78 is 5.63. The first kappa shape index (κ1) is 16.5. The van der Waals surface area contributed by atoms with E-state index in [9.17, 15) is 5.11 Å². The van der Waals surface area contributed by atoms with Crippen molar-refractivity contribution in [3.8, 4) is 29.7 Å². The van der Waals surface area contributed by atoms with E-state index >= 15 is 0 Å². The molecule has 0 amide bonds. The molecule has 0 aromatic heterocycles. The topological polar surface area (TPSA) is 127 Å². The molecule has 1 rings (SSSR count). The minimum absolute atomic E-state index is 0.0125. The third-order valence-electron chi connectivity index (χ3n) is 2.73. The second-order valence-corrected chi connectivity index (χ2v) is 4.93. The average Bonchev–Trinajstić information content (AvgIpc) is 2.48. The van der Waals surface area contributed by atoms with E-state index in [0.29, 0.717) is 10.0 Å². The van der Waals surface area contributed by atoms with Crippen LogP contribution in [0.25, 0.3) is 6.08 Å². The van der Waals surface area contributed by atoms with Crippen LogP contribution >= 0.6 is 15.9 Å². The van der Waals surface area contributed by atoms with Crippen LogP contribution in [-0.4, -0.2) is 18.3 Å². The Kier molecular flexibility index (Phi) is 5.75. The number of methoxy groups -OCH3 is 1. The summed E-state index contributed by atoms with van der Waals surface area (Å²) in [4.78, 5) is 0. The first-order valence-corrected chi connectivity index (χ1v) is 6.50. The van der Waals surface area contributed by atoms with Crippen LogP contribution < -0.4 is 10.5 Å². The van der Waals surface area contributed by atoms with Gasteiger partial charge in [-0.25, -0.2) is 0 Å². The first-order valence-electron chi connectivity index (χ1n) is 5.71. The van der Waals surface area contributed by atoms with Crippen molar-refractivity contribution >= 4 is 22.0 Å². The maximum atomic E-state index is 10.0. The van der Waals surface area contributed by atoms with Crippen molar-refractivity contribution in [3.05, 3.63) is 27.7 Å². The predicted molar refractivity (Wildman–Crippen MR) is 78.6 cm³/mol. The molecule has 1 aromatic rings. The van der Waals surface area contributed by atoms with Crippen LogP contribution in [0.3, 0.4) is 0 Å². The Bertz CT molecular complexity index is 681. The summed E-state index contributed by atoms with van der Waals surface area (Å²) >= 11 is 3.25. The number of nitriles is 3. The van der Waals surface area contributed by atoms with Gasteiger partial charge >= 0.3 is 0 Å². The molecule has 0 aliphatic carbocycles. The van der Waals surface area contributed by atoms with Gasteiger partial charge in [-0.2, -0.15) is 15.8 Å². The van der Waals surface area contributed by atoms with Crippen molar-refractivity contribution < 1.29 is 9.84 Å². The van der Waals surface area contributed by atoms with E-state index in [1.165, 1.54) is 13.2 Å². The minimum atomic E-state index is -1.15. The summed E-state index contributed by atoms with van der Waals surface area (Å²) in [6.45, 7) is 0. The van der Waals surface area contributed by atoms with Crippen LogP contribution in [0.2, 0.25) is 0 Å². The van der Waals surface area contributed by atoms with E-state index in [1.807, 2.05) is 6.07 Å². The summed E-state index contributed by atoms with van der Waals surface area (Å²) in [5, 5.41) is 36.8. The summed E-state index contributed by atoms with van der Waals surface area (Å²) in [7, 11) is 1.40. The number of hydrogen-bond donors (Lipinski definition) is 2. The summed E-state index contributed by atoms with van der Waals surface area (Å²) in [5.74, 6) is -1.09. The molecular weight excluding hydrogens is 336 g/mol. The molecule has 0 bridgehead atoms.